The molecule has 3 N–H and O–H groups in total. The predicted molar refractivity (Wildman–Crippen MR) is 63.1 cm³/mol. The number of rotatable bonds is 7. The number of nitrogens with two attached hydrogens (primary N) is 1. The molecule has 0 amide bonds. The van der Waals surface area contributed by atoms with E-state index in [1.807, 2.05) is 0 Å². The van der Waals surface area contributed by atoms with Gasteiger partial charge in [0.2, 0.25) is 0 Å². The highest BCUT2D eigenvalue weighted by atomic mass is 32.1. The summed E-state index contributed by atoms with van der Waals surface area (Å²) in [6.07, 6.45) is 1.71. The fraction of sp³-hybridized carbons (Fsp3) is 0.636. The van der Waals surface area contributed by atoms with E-state index in [2.05, 4.69) is 19.1 Å². The highest BCUT2D eigenvalue weighted by molar-refractivity contribution is 7.12. The van der Waals surface area contributed by atoms with Crippen LogP contribution in [-0.4, -0.2) is 24.9 Å². The van der Waals surface area contributed by atoms with Gasteiger partial charge in [-0.05, 0) is 25.0 Å². The number of aliphatic hydroxyl groups is 1. The van der Waals surface area contributed by atoms with Crippen molar-refractivity contribution in [3.8, 4) is 0 Å². The molecule has 0 spiro atoms. The Morgan fingerprint density at radius 1 is 1.53 bits per heavy atom. The van der Waals surface area contributed by atoms with Crippen LogP contribution >= 0.6 is 11.3 Å². The monoisotopic (exact) mass is 229 g/mol. The number of thiophene rings is 1. The minimum absolute atomic E-state index is 0.0122. The predicted octanol–water partition coefficient (Wildman–Crippen LogP) is 1.71. The van der Waals surface area contributed by atoms with E-state index in [-0.39, 0.29) is 12.7 Å². The summed E-state index contributed by atoms with van der Waals surface area (Å²) in [5.74, 6) is 0. The van der Waals surface area contributed by atoms with Crippen LogP contribution in [0.15, 0.2) is 12.1 Å². The van der Waals surface area contributed by atoms with Gasteiger partial charge in [-0.3, -0.25) is 0 Å². The molecule has 1 aromatic rings. The molecule has 0 fully saturated rings. The molecule has 0 aromatic carbocycles. The van der Waals surface area contributed by atoms with Crippen LogP contribution in [0.25, 0.3) is 0 Å². The van der Waals surface area contributed by atoms with E-state index in [1.165, 1.54) is 9.75 Å². The second kappa shape index (κ2) is 6.95. The Bertz CT molecular complexity index is 275. The first-order valence-corrected chi connectivity index (χ1v) is 6.14. The third kappa shape index (κ3) is 3.91. The van der Waals surface area contributed by atoms with Crippen LogP contribution in [0.3, 0.4) is 0 Å². The van der Waals surface area contributed by atoms with Crippen molar-refractivity contribution < 1.29 is 9.84 Å². The summed E-state index contributed by atoms with van der Waals surface area (Å²) in [5.41, 5.74) is 5.66. The highest BCUT2D eigenvalue weighted by Gasteiger charge is 2.12. The van der Waals surface area contributed by atoms with E-state index in [0.717, 1.165) is 6.42 Å². The molecular formula is C11H19NO2S. The summed E-state index contributed by atoms with van der Waals surface area (Å²) in [6, 6.07) is 4.21. The average molecular weight is 229 g/mol. The van der Waals surface area contributed by atoms with Crippen LogP contribution in [0.2, 0.25) is 0 Å². The summed E-state index contributed by atoms with van der Waals surface area (Å²) in [4.78, 5) is 2.54. The summed E-state index contributed by atoms with van der Waals surface area (Å²) >= 11 is 1.76. The van der Waals surface area contributed by atoms with Crippen molar-refractivity contribution in [3.63, 3.8) is 0 Å². The molecule has 0 saturated heterocycles. The van der Waals surface area contributed by atoms with Gasteiger partial charge < -0.3 is 15.6 Å². The number of aryl methyl sites for hydroxylation is 1. The van der Waals surface area contributed by atoms with Crippen LogP contribution in [0, 0.1) is 0 Å². The van der Waals surface area contributed by atoms with E-state index < -0.39 is 0 Å². The first-order valence-electron chi connectivity index (χ1n) is 5.33. The van der Waals surface area contributed by atoms with Gasteiger partial charge in [-0.15, -0.1) is 11.3 Å². The van der Waals surface area contributed by atoms with Crippen LogP contribution in [0.5, 0.6) is 0 Å². The van der Waals surface area contributed by atoms with Gasteiger partial charge in [0.15, 0.2) is 0 Å². The Labute approximate surface area is 94.9 Å². The third-order valence-electron chi connectivity index (χ3n) is 2.18. The molecular weight excluding hydrogens is 210 g/mol. The summed E-state index contributed by atoms with van der Waals surface area (Å²) in [6.45, 7) is 3.37. The Balaban J connectivity index is 2.49. The van der Waals surface area contributed by atoms with E-state index in [0.29, 0.717) is 19.6 Å². The van der Waals surface area contributed by atoms with Crippen LogP contribution in [-0.2, 0) is 11.2 Å². The van der Waals surface area contributed by atoms with Crippen molar-refractivity contribution in [3.05, 3.63) is 21.9 Å². The second-order valence-electron chi connectivity index (χ2n) is 3.33. The van der Waals surface area contributed by atoms with Gasteiger partial charge >= 0.3 is 0 Å². The summed E-state index contributed by atoms with van der Waals surface area (Å²) in [7, 11) is 0. The molecule has 0 aliphatic heterocycles. The van der Waals surface area contributed by atoms with Gasteiger partial charge in [-0.2, -0.15) is 0 Å². The van der Waals surface area contributed by atoms with Gasteiger partial charge in [0.1, 0.15) is 6.10 Å². The normalized spacial score (nSPS) is 13.0. The molecule has 1 unspecified atom stereocenters. The van der Waals surface area contributed by atoms with Gasteiger partial charge in [0.25, 0.3) is 0 Å². The lowest BCUT2D eigenvalue weighted by molar-refractivity contribution is 0.0510. The molecule has 1 atom stereocenters. The Morgan fingerprint density at radius 2 is 2.33 bits per heavy atom. The van der Waals surface area contributed by atoms with Gasteiger partial charge in [-0.25, -0.2) is 0 Å². The van der Waals surface area contributed by atoms with Crippen molar-refractivity contribution in [1.29, 1.82) is 0 Å². The average Bonchev–Trinajstić information content (AvgIpc) is 2.73. The minimum Gasteiger partial charge on any atom is -0.396 e. The molecule has 0 aliphatic carbocycles. The number of hydrogen-bond donors (Lipinski definition) is 2. The standard InChI is InChI=1S/C11H19NO2S/c1-2-9-4-5-11(15-9)10(8-12)14-7-3-6-13/h4-5,10,13H,2-3,6-8,12H2,1H3. The summed E-state index contributed by atoms with van der Waals surface area (Å²) in [5, 5.41) is 8.66. The number of ether oxygens (including phenoxy) is 1. The van der Waals surface area contributed by atoms with Crippen LogP contribution in [0.1, 0.15) is 29.2 Å². The fourth-order valence-corrected chi connectivity index (χ4v) is 2.33. The lowest BCUT2D eigenvalue weighted by atomic mass is 10.3. The molecule has 1 rings (SSSR count). The Hall–Kier alpha value is -0.420. The van der Waals surface area contributed by atoms with Gasteiger partial charge in [0.05, 0.1) is 0 Å². The molecule has 0 aliphatic rings. The minimum atomic E-state index is -0.0122. The summed E-state index contributed by atoms with van der Waals surface area (Å²) < 4.78 is 5.60. The van der Waals surface area contributed by atoms with E-state index >= 15 is 0 Å². The second-order valence-corrected chi connectivity index (χ2v) is 4.53. The van der Waals surface area contributed by atoms with Crippen molar-refractivity contribution in [2.45, 2.75) is 25.9 Å². The highest BCUT2D eigenvalue weighted by Crippen LogP contribution is 2.25. The molecule has 1 aromatic heterocycles. The quantitative estimate of drug-likeness (QED) is 0.700. The lowest BCUT2D eigenvalue weighted by Gasteiger charge is -2.13. The Kier molecular flexibility index (Phi) is 5.86. The van der Waals surface area contributed by atoms with Crippen LogP contribution in [0.4, 0.5) is 0 Å². The zero-order valence-corrected chi connectivity index (χ0v) is 9.93. The molecule has 3 nitrogen and oxygen atoms in total. The largest absolute Gasteiger partial charge is 0.396 e. The van der Waals surface area contributed by atoms with Crippen molar-refractivity contribution in [1.82, 2.24) is 0 Å². The molecule has 4 heteroatoms. The maximum atomic E-state index is 8.66. The van der Waals surface area contributed by atoms with Crippen molar-refractivity contribution in [2.24, 2.45) is 5.73 Å². The van der Waals surface area contributed by atoms with E-state index in [1.54, 1.807) is 11.3 Å². The third-order valence-corrected chi connectivity index (χ3v) is 3.51. The zero-order chi connectivity index (χ0) is 11.1. The first kappa shape index (κ1) is 12.6. The fourth-order valence-electron chi connectivity index (χ4n) is 1.31. The van der Waals surface area contributed by atoms with E-state index in [9.17, 15) is 0 Å². The smallest absolute Gasteiger partial charge is 0.104 e. The maximum absolute atomic E-state index is 8.66. The van der Waals surface area contributed by atoms with Gasteiger partial charge in [-0.1, -0.05) is 6.92 Å². The maximum Gasteiger partial charge on any atom is 0.104 e. The molecule has 0 saturated carbocycles. The number of hydrogen-bond acceptors (Lipinski definition) is 4. The van der Waals surface area contributed by atoms with Crippen molar-refractivity contribution in [2.75, 3.05) is 19.8 Å². The van der Waals surface area contributed by atoms with Crippen molar-refractivity contribution >= 4 is 11.3 Å². The van der Waals surface area contributed by atoms with Crippen LogP contribution < -0.4 is 5.73 Å². The molecule has 1 heterocycles. The van der Waals surface area contributed by atoms with Gasteiger partial charge in [0, 0.05) is 29.5 Å². The SMILES string of the molecule is CCc1ccc(C(CN)OCCCO)s1. The molecule has 0 radical (unpaired) electrons. The van der Waals surface area contributed by atoms with E-state index in [4.69, 9.17) is 15.6 Å². The zero-order valence-electron chi connectivity index (χ0n) is 9.11. The Morgan fingerprint density at radius 3 is 2.87 bits per heavy atom. The first-order chi connectivity index (χ1) is 7.31. The lowest BCUT2D eigenvalue weighted by Crippen LogP contribution is -2.15. The number of aliphatic hydroxyl groups excluding tert-OH is 1. The molecule has 0 bridgehead atoms. The molecule has 15 heavy (non-hydrogen) atoms. The molecule has 86 valence electrons. The topological polar surface area (TPSA) is 55.5 Å².